The van der Waals surface area contributed by atoms with Gasteiger partial charge in [0.25, 0.3) is 5.91 Å². The van der Waals surface area contributed by atoms with E-state index in [-0.39, 0.29) is 11.8 Å². The van der Waals surface area contributed by atoms with E-state index >= 15 is 0 Å². The van der Waals surface area contributed by atoms with E-state index in [2.05, 4.69) is 32.4 Å². The monoisotopic (exact) mass is 439 g/mol. The molecule has 2 amide bonds. The molecule has 1 unspecified atom stereocenters. The molecule has 2 aromatic rings. The van der Waals surface area contributed by atoms with Crippen molar-refractivity contribution in [2.45, 2.75) is 25.4 Å². The molecule has 8 heteroatoms. The first-order valence-corrected chi connectivity index (χ1v) is 11.4. The number of anilines is 1. The summed E-state index contributed by atoms with van der Waals surface area (Å²) in [6.07, 6.45) is 4.10. The molecule has 172 valence electrons. The van der Waals surface area contributed by atoms with Crippen LogP contribution in [0.15, 0.2) is 47.1 Å². The van der Waals surface area contributed by atoms with Crippen LogP contribution < -0.4 is 10.6 Å². The maximum Gasteiger partial charge on any atom is 0.253 e. The summed E-state index contributed by atoms with van der Waals surface area (Å²) in [5.74, 6) is 0.337. The van der Waals surface area contributed by atoms with Gasteiger partial charge in [-0.15, -0.1) is 0 Å². The van der Waals surface area contributed by atoms with Gasteiger partial charge in [-0.1, -0.05) is 12.1 Å². The van der Waals surface area contributed by atoms with Gasteiger partial charge in [-0.05, 0) is 50.7 Å². The van der Waals surface area contributed by atoms with Crippen LogP contribution in [0.2, 0.25) is 0 Å². The fraction of sp³-hybridized carbons (Fsp3) is 0.500. The minimum atomic E-state index is -0.247. The van der Waals surface area contributed by atoms with Gasteiger partial charge in [-0.3, -0.25) is 19.4 Å². The Morgan fingerprint density at radius 2 is 1.88 bits per heavy atom. The maximum absolute atomic E-state index is 12.7. The zero-order chi connectivity index (χ0) is 22.3. The lowest BCUT2D eigenvalue weighted by Crippen LogP contribution is -2.55. The van der Waals surface area contributed by atoms with E-state index in [1.165, 1.54) is 19.4 Å². The third-order valence-electron chi connectivity index (χ3n) is 6.34. The zero-order valence-corrected chi connectivity index (χ0v) is 18.8. The van der Waals surface area contributed by atoms with Crippen molar-refractivity contribution in [2.24, 2.45) is 0 Å². The van der Waals surface area contributed by atoms with Gasteiger partial charge in [0.05, 0.1) is 30.6 Å². The number of hydrogen-bond acceptors (Lipinski definition) is 6. The molecule has 0 aliphatic carbocycles. The molecular weight excluding hydrogens is 406 g/mol. The quantitative estimate of drug-likeness (QED) is 0.686. The van der Waals surface area contributed by atoms with E-state index in [1.807, 2.05) is 6.07 Å². The van der Waals surface area contributed by atoms with E-state index < -0.39 is 0 Å². The summed E-state index contributed by atoms with van der Waals surface area (Å²) in [5.41, 5.74) is 0.969. The topological polar surface area (TPSA) is 81.1 Å². The number of furan rings is 1. The molecule has 2 aliphatic heterocycles. The molecule has 0 saturated carbocycles. The van der Waals surface area contributed by atoms with Crippen LogP contribution in [0.3, 0.4) is 0 Å². The number of nitrogens with zero attached hydrogens (tertiary/aromatic N) is 3. The number of likely N-dealkylation sites (tertiary alicyclic amines) is 1. The first kappa shape index (κ1) is 22.5. The SMILES string of the molecule is CN1CCCC(N2CCN(CC(=O)Nc3ccccc3C(=O)NCc3ccco3)CC2)C1. The molecule has 0 radical (unpaired) electrons. The second-order valence-electron chi connectivity index (χ2n) is 8.73. The Bertz CT molecular complexity index is 893. The van der Waals surface area contributed by atoms with Crippen LogP contribution in [0.5, 0.6) is 0 Å². The molecule has 8 nitrogen and oxygen atoms in total. The summed E-state index contributed by atoms with van der Waals surface area (Å²) >= 11 is 0. The summed E-state index contributed by atoms with van der Waals surface area (Å²) in [4.78, 5) is 32.5. The number of piperidine rings is 1. The number of hydrogen-bond donors (Lipinski definition) is 2. The molecule has 1 aromatic heterocycles. The number of rotatable bonds is 7. The summed E-state index contributed by atoms with van der Waals surface area (Å²) in [5, 5.41) is 5.76. The van der Waals surface area contributed by atoms with E-state index in [4.69, 9.17) is 4.42 Å². The molecule has 2 fully saturated rings. The highest BCUT2D eigenvalue weighted by Gasteiger charge is 2.27. The minimum Gasteiger partial charge on any atom is -0.467 e. The van der Waals surface area contributed by atoms with Crippen molar-refractivity contribution in [3.05, 3.63) is 54.0 Å². The number of carbonyl (C=O) groups is 2. The molecule has 1 aromatic carbocycles. The number of nitrogens with one attached hydrogen (secondary N) is 2. The zero-order valence-electron chi connectivity index (χ0n) is 18.8. The standard InChI is InChI=1S/C24H33N5O3/c1-27-10-4-6-19(17-27)29-13-11-28(12-14-29)18-23(30)26-22-9-3-2-8-21(22)24(31)25-16-20-7-5-15-32-20/h2-3,5,7-9,15,19H,4,6,10-14,16-18H2,1H3,(H,25,31)(H,26,30). The molecular formula is C24H33N5O3. The van der Waals surface area contributed by atoms with Crippen LogP contribution in [0.4, 0.5) is 5.69 Å². The first-order chi connectivity index (χ1) is 15.6. The van der Waals surface area contributed by atoms with Gasteiger partial charge in [0.1, 0.15) is 5.76 Å². The third kappa shape index (κ3) is 5.97. The van der Waals surface area contributed by atoms with Crippen molar-refractivity contribution < 1.29 is 14.0 Å². The number of para-hydroxylation sites is 1. The van der Waals surface area contributed by atoms with Gasteiger partial charge < -0.3 is 20.0 Å². The summed E-state index contributed by atoms with van der Waals surface area (Å²) < 4.78 is 5.25. The van der Waals surface area contributed by atoms with Crippen LogP contribution >= 0.6 is 0 Å². The van der Waals surface area contributed by atoms with Crippen LogP contribution in [-0.4, -0.2) is 85.4 Å². The average Bonchev–Trinajstić information content (AvgIpc) is 3.32. The second-order valence-corrected chi connectivity index (χ2v) is 8.73. The van der Waals surface area contributed by atoms with E-state index in [9.17, 15) is 9.59 Å². The Balaban J connectivity index is 1.26. The van der Waals surface area contributed by atoms with Gasteiger partial charge in [-0.2, -0.15) is 0 Å². The molecule has 2 N–H and O–H groups in total. The number of carbonyl (C=O) groups excluding carboxylic acids is 2. The highest BCUT2D eigenvalue weighted by molar-refractivity contribution is 6.04. The first-order valence-electron chi connectivity index (χ1n) is 11.4. The second kappa shape index (κ2) is 10.8. The molecule has 1 atom stereocenters. The number of benzene rings is 1. The lowest BCUT2D eigenvalue weighted by Gasteiger charge is -2.42. The number of likely N-dealkylation sites (N-methyl/N-ethyl adjacent to an activating group) is 1. The maximum atomic E-state index is 12.7. The molecule has 3 heterocycles. The van der Waals surface area contributed by atoms with Crippen LogP contribution in [-0.2, 0) is 11.3 Å². The highest BCUT2D eigenvalue weighted by atomic mass is 16.3. The number of amides is 2. The smallest absolute Gasteiger partial charge is 0.253 e. The van der Waals surface area contributed by atoms with Crippen LogP contribution in [0.1, 0.15) is 29.0 Å². The number of piperazine rings is 1. The fourth-order valence-corrected chi connectivity index (χ4v) is 4.58. The average molecular weight is 440 g/mol. The van der Waals surface area contributed by atoms with Gasteiger partial charge in [0.15, 0.2) is 0 Å². The highest BCUT2D eigenvalue weighted by Crippen LogP contribution is 2.18. The van der Waals surface area contributed by atoms with E-state index in [0.717, 1.165) is 32.7 Å². The van der Waals surface area contributed by atoms with Crippen molar-refractivity contribution in [2.75, 3.05) is 58.2 Å². The normalized spacial score (nSPS) is 20.7. The predicted octanol–water partition coefficient (Wildman–Crippen LogP) is 1.86. The molecule has 2 saturated heterocycles. The van der Waals surface area contributed by atoms with Gasteiger partial charge >= 0.3 is 0 Å². The molecule has 2 aliphatic rings. The van der Waals surface area contributed by atoms with Crippen molar-refractivity contribution in [3.63, 3.8) is 0 Å². The van der Waals surface area contributed by atoms with Gasteiger partial charge in [0, 0.05) is 38.8 Å². The van der Waals surface area contributed by atoms with Crippen molar-refractivity contribution >= 4 is 17.5 Å². The van der Waals surface area contributed by atoms with Crippen LogP contribution in [0, 0.1) is 0 Å². The lowest BCUT2D eigenvalue weighted by atomic mass is 10.0. The van der Waals surface area contributed by atoms with E-state index in [1.54, 1.807) is 36.6 Å². The van der Waals surface area contributed by atoms with Gasteiger partial charge in [-0.25, -0.2) is 0 Å². The van der Waals surface area contributed by atoms with Crippen molar-refractivity contribution in [1.82, 2.24) is 20.0 Å². The molecule has 32 heavy (non-hydrogen) atoms. The Morgan fingerprint density at radius 3 is 2.62 bits per heavy atom. The Kier molecular flexibility index (Phi) is 7.57. The summed E-state index contributed by atoms with van der Waals surface area (Å²) in [6.45, 7) is 6.74. The third-order valence-corrected chi connectivity index (χ3v) is 6.34. The Morgan fingerprint density at radius 1 is 1.06 bits per heavy atom. The molecule has 0 bridgehead atoms. The van der Waals surface area contributed by atoms with Gasteiger partial charge in [0.2, 0.25) is 5.91 Å². The minimum absolute atomic E-state index is 0.0952. The molecule has 0 spiro atoms. The predicted molar refractivity (Wildman–Crippen MR) is 123 cm³/mol. The van der Waals surface area contributed by atoms with E-state index in [0.29, 0.717) is 36.1 Å². The van der Waals surface area contributed by atoms with Crippen molar-refractivity contribution in [3.8, 4) is 0 Å². The fourth-order valence-electron chi connectivity index (χ4n) is 4.58. The van der Waals surface area contributed by atoms with Crippen molar-refractivity contribution in [1.29, 1.82) is 0 Å². The lowest BCUT2D eigenvalue weighted by molar-refractivity contribution is -0.117. The summed E-state index contributed by atoms with van der Waals surface area (Å²) in [6, 6.07) is 11.3. The Labute approximate surface area is 189 Å². The van der Waals surface area contributed by atoms with Crippen LogP contribution in [0.25, 0.3) is 0 Å². The molecule has 4 rings (SSSR count). The summed E-state index contributed by atoms with van der Waals surface area (Å²) in [7, 11) is 2.20. The Hall–Kier alpha value is -2.68. The largest absolute Gasteiger partial charge is 0.467 e.